The molecular formula is C18H20N4O. The van der Waals surface area contributed by atoms with Crippen molar-refractivity contribution in [3.63, 3.8) is 0 Å². The number of carbonyl (C=O) groups is 1. The number of nitrogens with zero attached hydrogens (tertiary/aromatic N) is 1. The minimum Gasteiger partial charge on any atom is -0.381 e. The molecule has 23 heavy (non-hydrogen) atoms. The summed E-state index contributed by atoms with van der Waals surface area (Å²) in [5.41, 5.74) is 4.80. The third-order valence-corrected chi connectivity index (χ3v) is 3.86. The first-order valence-electron chi connectivity index (χ1n) is 7.72. The second-order valence-corrected chi connectivity index (χ2v) is 5.45. The number of fused-ring (bicyclic) bond motifs is 1. The van der Waals surface area contributed by atoms with Crippen molar-refractivity contribution < 1.29 is 4.79 Å². The van der Waals surface area contributed by atoms with E-state index in [1.165, 1.54) is 5.56 Å². The SMILES string of the molecule is CCNC(=O)c1ccc(C)c(NCc2ccnc3[nH]ccc23)c1. The van der Waals surface area contributed by atoms with E-state index in [0.717, 1.165) is 22.3 Å². The number of rotatable bonds is 5. The molecule has 3 aromatic rings. The molecule has 1 aromatic carbocycles. The summed E-state index contributed by atoms with van der Waals surface area (Å²) in [7, 11) is 0. The number of benzene rings is 1. The van der Waals surface area contributed by atoms with Crippen LogP contribution in [0.15, 0.2) is 42.7 Å². The van der Waals surface area contributed by atoms with Gasteiger partial charge in [0, 0.05) is 42.1 Å². The number of carbonyl (C=O) groups excluding carboxylic acids is 1. The van der Waals surface area contributed by atoms with Gasteiger partial charge in [0.2, 0.25) is 0 Å². The molecule has 1 amide bonds. The average Bonchev–Trinajstić information content (AvgIpc) is 3.03. The first kappa shape index (κ1) is 15.1. The largest absolute Gasteiger partial charge is 0.381 e. The molecule has 3 N–H and O–H groups in total. The Morgan fingerprint density at radius 1 is 1.26 bits per heavy atom. The fourth-order valence-corrected chi connectivity index (χ4v) is 2.58. The van der Waals surface area contributed by atoms with E-state index in [2.05, 4.69) is 20.6 Å². The molecule has 0 unspecified atom stereocenters. The Morgan fingerprint density at radius 3 is 2.96 bits per heavy atom. The van der Waals surface area contributed by atoms with Gasteiger partial charge in [-0.05, 0) is 49.2 Å². The molecule has 0 aliphatic heterocycles. The highest BCUT2D eigenvalue weighted by atomic mass is 16.1. The molecular weight excluding hydrogens is 288 g/mol. The summed E-state index contributed by atoms with van der Waals surface area (Å²) < 4.78 is 0. The molecule has 3 rings (SSSR count). The molecule has 0 saturated carbocycles. The molecule has 0 fully saturated rings. The number of aryl methyl sites for hydroxylation is 1. The van der Waals surface area contributed by atoms with E-state index in [1.807, 2.05) is 50.4 Å². The van der Waals surface area contributed by atoms with Crippen LogP contribution in [0.2, 0.25) is 0 Å². The van der Waals surface area contributed by atoms with Crippen molar-refractivity contribution in [1.29, 1.82) is 0 Å². The molecule has 118 valence electrons. The number of aromatic amines is 1. The lowest BCUT2D eigenvalue weighted by Gasteiger charge is -2.12. The Labute approximate surface area is 135 Å². The smallest absolute Gasteiger partial charge is 0.251 e. The van der Waals surface area contributed by atoms with E-state index in [-0.39, 0.29) is 5.91 Å². The highest BCUT2D eigenvalue weighted by Gasteiger charge is 2.08. The van der Waals surface area contributed by atoms with Gasteiger partial charge in [0.1, 0.15) is 5.65 Å². The average molecular weight is 308 g/mol. The maximum absolute atomic E-state index is 12.0. The Hall–Kier alpha value is -2.82. The lowest BCUT2D eigenvalue weighted by atomic mass is 10.1. The van der Waals surface area contributed by atoms with Crippen LogP contribution in [0, 0.1) is 6.92 Å². The number of nitrogens with one attached hydrogen (secondary N) is 3. The molecule has 0 aliphatic carbocycles. The zero-order valence-electron chi connectivity index (χ0n) is 13.3. The van der Waals surface area contributed by atoms with Crippen LogP contribution in [-0.4, -0.2) is 22.4 Å². The number of pyridine rings is 1. The van der Waals surface area contributed by atoms with Crippen molar-refractivity contribution in [1.82, 2.24) is 15.3 Å². The maximum Gasteiger partial charge on any atom is 0.251 e. The number of hydrogen-bond acceptors (Lipinski definition) is 3. The Bertz CT molecular complexity index is 838. The van der Waals surface area contributed by atoms with E-state index in [1.54, 1.807) is 6.20 Å². The number of amides is 1. The summed E-state index contributed by atoms with van der Waals surface area (Å²) in [6, 6.07) is 9.74. The first-order chi connectivity index (χ1) is 11.2. The summed E-state index contributed by atoms with van der Waals surface area (Å²) in [4.78, 5) is 19.4. The van der Waals surface area contributed by atoms with Gasteiger partial charge >= 0.3 is 0 Å². The van der Waals surface area contributed by atoms with Gasteiger partial charge < -0.3 is 15.6 Å². The van der Waals surface area contributed by atoms with Crippen LogP contribution < -0.4 is 10.6 Å². The number of H-pyrrole nitrogens is 1. The summed E-state index contributed by atoms with van der Waals surface area (Å²) in [6.45, 7) is 5.24. The summed E-state index contributed by atoms with van der Waals surface area (Å²) >= 11 is 0. The van der Waals surface area contributed by atoms with E-state index < -0.39 is 0 Å². The number of anilines is 1. The molecule has 5 heteroatoms. The van der Waals surface area contributed by atoms with Crippen molar-refractivity contribution in [2.75, 3.05) is 11.9 Å². The van der Waals surface area contributed by atoms with Crippen molar-refractivity contribution in [3.8, 4) is 0 Å². The van der Waals surface area contributed by atoms with Gasteiger partial charge in [-0.25, -0.2) is 4.98 Å². The summed E-state index contributed by atoms with van der Waals surface area (Å²) in [5, 5.41) is 7.36. The highest BCUT2D eigenvalue weighted by Crippen LogP contribution is 2.20. The molecule has 5 nitrogen and oxygen atoms in total. The minimum absolute atomic E-state index is 0.0486. The normalized spacial score (nSPS) is 10.7. The van der Waals surface area contributed by atoms with Crippen LogP contribution in [-0.2, 0) is 6.54 Å². The van der Waals surface area contributed by atoms with Gasteiger partial charge in [-0.3, -0.25) is 4.79 Å². The van der Waals surface area contributed by atoms with Crippen molar-refractivity contribution >= 4 is 22.6 Å². The van der Waals surface area contributed by atoms with E-state index in [0.29, 0.717) is 18.7 Å². The van der Waals surface area contributed by atoms with Crippen LogP contribution in [0.3, 0.4) is 0 Å². The van der Waals surface area contributed by atoms with Gasteiger partial charge in [0.05, 0.1) is 0 Å². The zero-order chi connectivity index (χ0) is 16.2. The van der Waals surface area contributed by atoms with E-state index in [4.69, 9.17) is 0 Å². The Balaban J connectivity index is 1.81. The van der Waals surface area contributed by atoms with E-state index >= 15 is 0 Å². The molecule has 0 atom stereocenters. The van der Waals surface area contributed by atoms with Crippen LogP contribution in [0.1, 0.15) is 28.4 Å². The van der Waals surface area contributed by atoms with Gasteiger partial charge in [0.25, 0.3) is 5.91 Å². The van der Waals surface area contributed by atoms with Crippen molar-refractivity contribution in [2.45, 2.75) is 20.4 Å². The third-order valence-electron chi connectivity index (χ3n) is 3.86. The fourth-order valence-electron chi connectivity index (χ4n) is 2.58. The van der Waals surface area contributed by atoms with Crippen LogP contribution >= 0.6 is 0 Å². The van der Waals surface area contributed by atoms with Crippen molar-refractivity contribution in [3.05, 3.63) is 59.4 Å². The molecule has 2 aromatic heterocycles. The van der Waals surface area contributed by atoms with Gasteiger partial charge in [-0.15, -0.1) is 0 Å². The second-order valence-electron chi connectivity index (χ2n) is 5.45. The van der Waals surface area contributed by atoms with Gasteiger partial charge in [0.15, 0.2) is 0 Å². The van der Waals surface area contributed by atoms with Gasteiger partial charge in [-0.2, -0.15) is 0 Å². The van der Waals surface area contributed by atoms with Gasteiger partial charge in [-0.1, -0.05) is 6.07 Å². The second kappa shape index (κ2) is 6.52. The topological polar surface area (TPSA) is 69.8 Å². The Morgan fingerprint density at radius 2 is 2.13 bits per heavy atom. The van der Waals surface area contributed by atoms with Crippen LogP contribution in [0.25, 0.3) is 11.0 Å². The Kier molecular flexibility index (Phi) is 4.28. The zero-order valence-corrected chi connectivity index (χ0v) is 13.3. The minimum atomic E-state index is -0.0486. The molecule has 0 bridgehead atoms. The molecule has 2 heterocycles. The number of hydrogen-bond donors (Lipinski definition) is 3. The fraction of sp³-hybridized carbons (Fsp3) is 0.222. The molecule has 0 saturated heterocycles. The third kappa shape index (κ3) is 3.18. The predicted molar refractivity (Wildman–Crippen MR) is 92.6 cm³/mol. The van der Waals surface area contributed by atoms with E-state index in [9.17, 15) is 4.79 Å². The summed E-state index contributed by atoms with van der Waals surface area (Å²) in [6.07, 6.45) is 3.69. The van der Waals surface area contributed by atoms with Crippen LogP contribution in [0.4, 0.5) is 5.69 Å². The lowest BCUT2D eigenvalue weighted by molar-refractivity contribution is 0.0956. The summed E-state index contributed by atoms with van der Waals surface area (Å²) in [5.74, 6) is -0.0486. The maximum atomic E-state index is 12.0. The first-order valence-corrected chi connectivity index (χ1v) is 7.72. The predicted octanol–water partition coefficient (Wildman–Crippen LogP) is 3.23. The van der Waals surface area contributed by atoms with Crippen LogP contribution in [0.5, 0.6) is 0 Å². The molecule has 0 aliphatic rings. The monoisotopic (exact) mass is 308 g/mol. The lowest BCUT2D eigenvalue weighted by Crippen LogP contribution is -2.22. The van der Waals surface area contributed by atoms with Crippen molar-refractivity contribution in [2.24, 2.45) is 0 Å². The number of aromatic nitrogens is 2. The molecule has 0 radical (unpaired) electrons. The molecule has 0 spiro atoms. The quantitative estimate of drug-likeness (QED) is 0.678. The highest BCUT2D eigenvalue weighted by molar-refractivity contribution is 5.95. The standard InChI is InChI=1S/C18H20N4O/c1-3-19-18(23)13-5-4-12(2)16(10-13)22-11-14-6-8-20-17-15(14)7-9-21-17/h4-10,22H,3,11H2,1-2H3,(H,19,23)(H,20,21).